The van der Waals surface area contributed by atoms with Gasteiger partial charge >= 0.3 is 5.97 Å². The Balaban J connectivity index is 1.82. The number of aliphatic carboxylic acids is 1. The molecule has 0 spiro atoms. The van der Waals surface area contributed by atoms with Gasteiger partial charge in [-0.1, -0.05) is 13.8 Å². The van der Waals surface area contributed by atoms with Crippen molar-refractivity contribution in [1.82, 2.24) is 9.88 Å². The Labute approximate surface area is 145 Å². The summed E-state index contributed by atoms with van der Waals surface area (Å²) in [4.78, 5) is 40.7. The molecule has 7 nitrogen and oxygen atoms in total. The minimum Gasteiger partial charge on any atom is -0.481 e. The van der Waals surface area contributed by atoms with E-state index in [9.17, 15) is 14.4 Å². The molecule has 1 saturated heterocycles. The average molecular weight is 353 g/mol. The van der Waals surface area contributed by atoms with Crippen LogP contribution in [0.25, 0.3) is 0 Å². The van der Waals surface area contributed by atoms with Crippen molar-refractivity contribution in [3.05, 3.63) is 11.1 Å². The summed E-state index contributed by atoms with van der Waals surface area (Å²) < 4.78 is 0. The summed E-state index contributed by atoms with van der Waals surface area (Å²) in [6.07, 6.45) is 1.83. The van der Waals surface area contributed by atoms with Crippen LogP contribution in [0, 0.1) is 11.8 Å². The van der Waals surface area contributed by atoms with Crippen molar-refractivity contribution in [3.8, 4) is 0 Å². The number of carbonyl (C=O) groups excluding carboxylic acids is 2. The van der Waals surface area contributed by atoms with Gasteiger partial charge in [-0.3, -0.25) is 14.4 Å². The van der Waals surface area contributed by atoms with E-state index in [1.165, 1.54) is 11.3 Å². The normalized spacial score (nSPS) is 15.5. The fraction of sp³-hybridized carbons (Fsp3) is 0.625. The minimum absolute atomic E-state index is 0.00388. The van der Waals surface area contributed by atoms with Crippen molar-refractivity contribution in [3.63, 3.8) is 0 Å². The van der Waals surface area contributed by atoms with E-state index in [-0.39, 0.29) is 36.5 Å². The van der Waals surface area contributed by atoms with E-state index in [0.29, 0.717) is 23.9 Å². The first-order valence-electron chi connectivity index (χ1n) is 8.10. The van der Waals surface area contributed by atoms with Crippen molar-refractivity contribution in [2.75, 3.05) is 18.4 Å². The van der Waals surface area contributed by atoms with E-state index in [1.54, 1.807) is 24.1 Å². The van der Waals surface area contributed by atoms with Crippen LogP contribution in [0.15, 0.2) is 5.38 Å². The van der Waals surface area contributed by atoms with Crippen LogP contribution in [-0.2, 0) is 20.8 Å². The van der Waals surface area contributed by atoms with Gasteiger partial charge in [0.05, 0.1) is 12.1 Å². The van der Waals surface area contributed by atoms with Crippen molar-refractivity contribution in [1.29, 1.82) is 0 Å². The highest BCUT2D eigenvalue weighted by atomic mass is 32.1. The van der Waals surface area contributed by atoms with E-state index in [1.807, 2.05) is 0 Å². The monoisotopic (exact) mass is 353 g/mol. The maximum absolute atomic E-state index is 12.3. The lowest BCUT2D eigenvalue weighted by atomic mass is 9.93. The molecule has 1 aliphatic heterocycles. The van der Waals surface area contributed by atoms with Gasteiger partial charge in [-0.05, 0) is 18.8 Å². The molecule has 2 N–H and O–H groups in total. The zero-order chi connectivity index (χ0) is 17.7. The van der Waals surface area contributed by atoms with Crippen LogP contribution in [0.5, 0.6) is 0 Å². The maximum atomic E-state index is 12.3. The van der Waals surface area contributed by atoms with Gasteiger partial charge < -0.3 is 15.3 Å². The molecule has 0 saturated carbocycles. The van der Waals surface area contributed by atoms with E-state index in [4.69, 9.17) is 5.11 Å². The highest BCUT2D eigenvalue weighted by Crippen LogP contribution is 2.22. The second-order valence-electron chi connectivity index (χ2n) is 6.39. The standard InChI is InChI=1S/C16H23N3O4S/c1-10(2)15(23)18-16-17-12(9-24-16)8-13(20)19-5-3-11(4-6-19)7-14(21)22/h9-11H,3-8H2,1-2H3,(H,21,22)(H,17,18,23). The summed E-state index contributed by atoms with van der Waals surface area (Å²) in [7, 11) is 0. The topological polar surface area (TPSA) is 99.6 Å². The number of anilines is 1. The van der Waals surface area contributed by atoms with Gasteiger partial charge in [0.1, 0.15) is 0 Å². The first-order valence-corrected chi connectivity index (χ1v) is 8.98. The quantitative estimate of drug-likeness (QED) is 0.815. The van der Waals surface area contributed by atoms with Gasteiger partial charge in [-0.25, -0.2) is 4.98 Å². The molecule has 2 rings (SSSR count). The van der Waals surface area contributed by atoms with Gasteiger partial charge in [0, 0.05) is 30.8 Å². The lowest BCUT2D eigenvalue weighted by molar-refractivity contribution is -0.138. The number of nitrogens with zero attached hydrogens (tertiary/aromatic N) is 2. The maximum Gasteiger partial charge on any atom is 0.303 e. The molecule has 0 radical (unpaired) electrons. The first-order chi connectivity index (χ1) is 11.3. The highest BCUT2D eigenvalue weighted by molar-refractivity contribution is 7.13. The van der Waals surface area contributed by atoms with Crippen molar-refractivity contribution >= 4 is 34.3 Å². The van der Waals surface area contributed by atoms with E-state index >= 15 is 0 Å². The van der Waals surface area contributed by atoms with Crippen LogP contribution in [0.1, 0.15) is 38.8 Å². The summed E-state index contributed by atoms with van der Waals surface area (Å²) in [6, 6.07) is 0. The number of rotatable bonds is 6. The lowest BCUT2D eigenvalue weighted by Crippen LogP contribution is -2.39. The van der Waals surface area contributed by atoms with Crippen LogP contribution in [0.2, 0.25) is 0 Å². The van der Waals surface area contributed by atoms with E-state index in [2.05, 4.69) is 10.3 Å². The van der Waals surface area contributed by atoms with E-state index < -0.39 is 5.97 Å². The summed E-state index contributed by atoms with van der Waals surface area (Å²) in [5.41, 5.74) is 0.650. The van der Waals surface area contributed by atoms with Crippen LogP contribution < -0.4 is 5.32 Å². The Morgan fingerprint density at radius 3 is 2.62 bits per heavy atom. The SMILES string of the molecule is CC(C)C(=O)Nc1nc(CC(=O)N2CCC(CC(=O)O)CC2)cs1. The molecule has 24 heavy (non-hydrogen) atoms. The zero-order valence-electron chi connectivity index (χ0n) is 13.9. The number of carbonyl (C=O) groups is 3. The molecular weight excluding hydrogens is 330 g/mol. The third kappa shape index (κ3) is 5.30. The van der Waals surface area contributed by atoms with Crippen molar-refractivity contribution in [2.24, 2.45) is 11.8 Å². The number of piperidine rings is 1. The molecule has 0 aliphatic carbocycles. The molecule has 0 unspecified atom stereocenters. The summed E-state index contributed by atoms with van der Waals surface area (Å²) in [5, 5.41) is 13.8. The Hall–Kier alpha value is -1.96. The Bertz CT molecular complexity index is 606. The van der Waals surface area contributed by atoms with Gasteiger partial charge in [0.2, 0.25) is 11.8 Å². The Morgan fingerprint density at radius 1 is 1.38 bits per heavy atom. The van der Waals surface area contributed by atoms with Crippen LogP contribution in [0.3, 0.4) is 0 Å². The third-order valence-corrected chi connectivity index (χ3v) is 4.88. The van der Waals surface area contributed by atoms with Crippen LogP contribution in [-0.4, -0.2) is 45.9 Å². The summed E-state index contributed by atoms with van der Waals surface area (Å²) >= 11 is 1.31. The van der Waals surface area contributed by atoms with Crippen LogP contribution in [0.4, 0.5) is 5.13 Å². The number of thiazole rings is 1. The predicted molar refractivity (Wildman–Crippen MR) is 90.8 cm³/mol. The third-order valence-electron chi connectivity index (χ3n) is 4.07. The number of hydrogen-bond acceptors (Lipinski definition) is 5. The molecule has 0 atom stereocenters. The molecule has 2 amide bonds. The first kappa shape index (κ1) is 18.4. The number of amides is 2. The molecule has 2 heterocycles. The van der Waals surface area contributed by atoms with Gasteiger partial charge in [-0.15, -0.1) is 11.3 Å². The molecule has 1 aromatic rings. The van der Waals surface area contributed by atoms with Gasteiger partial charge in [-0.2, -0.15) is 0 Å². The fourth-order valence-corrected chi connectivity index (χ4v) is 3.31. The van der Waals surface area contributed by atoms with Crippen molar-refractivity contribution in [2.45, 2.75) is 39.5 Å². The largest absolute Gasteiger partial charge is 0.481 e. The van der Waals surface area contributed by atoms with Crippen LogP contribution >= 0.6 is 11.3 Å². The highest BCUT2D eigenvalue weighted by Gasteiger charge is 2.24. The molecule has 1 fully saturated rings. The number of hydrogen-bond donors (Lipinski definition) is 2. The second-order valence-corrected chi connectivity index (χ2v) is 7.24. The lowest BCUT2D eigenvalue weighted by Gasteiger charge is -2.31. The molecule has 0 aromatic carbocycles. The number of likely N-dealkylation sites (tertiary alicyclic amines) is 1. The summed E-state index contributed by atoms with van der Waals surface area (Å²) in [5.74, 6) is -0.841. The number of carboxylic acids is 1. The van der Waals surface area contributed by atoms with Gasteiger partial charge in [0.15, 0.2) is 5.13 Å². The van der Waals surface area contributed by atoms with E-state index in [0.717, 1.165) is 12.8 Å². The molecule has 132 valence electrons. The molecule has 0 bridgehead atoms. The molecule has 1 aliphatic rings. The Kier molecular flexibility index (Phi) is 6.30. The second kappa shape index (κ2) is 8.23. The zero-order valence-corrected chi connectivity index (χ0v) is 14.8. The minimum atomic E-state index is -0.779. The summed E-state index contributed by atoms with van der Waals surface area (Å²) in [6.45, 7) is 4.80. The molecular formula is C16H23N3O4S. The number of nitrogens with one attached hydrogen (secondary N) is 1. The smallest absolute Gasteiger partial charge is 0.303 e. The van der Waals surface area contributed by atoms with Crippen molar-refractivity contribution < 1.29 is 19.5 Å². The Morgan fingerprint density at radius 2 is 2.04 bits per heavy atom. The number of carboxylic acid groups (broad SMARTS) is 1. The molecule has 1 aromatic heterocycles. The fourth-order valence-electron chi connectivity index (χ4n) is 2.60. The predicted octanol–water partition coefficient (Wildman–Crippen LogP) is 1.99. The molecule has 8 heteroatoms. The number of aromatic nitrogens is 1. The van der Waals surface area contributed by atoms with Gasteiger partial charge in [0.25, 0.3) is 0 Å². The average Bonchev–Trinajstić information content (AvgIpc) is 2.94.